The molecule has 0 spiro atoms. The molecular weight excluding hydrogens is 316 g/mol. The fraction of sp³-hybridized carbons (Fsp3) is 0.579. The lowest BCUT2D eigenvalue weighted by molar-refractivity contribution is -0.132. The van der Waals surface area contributed by atoms with Crippen molar-refractivity contribution in [1.82, 2.24) is 19.2 Å². The van der Waals surface area contributed by atoms with Crippen molar-refractivity contribution >= 4 is 11.6 Å². The number of carbonyl (C=O) groups excluding carboxylic acids is 1. The minimum atomic E-state index is 0.124. The molecule has 0 radical (unpaired) electrons. The van der Waals surface area contributed by atoms with Crippen molar-refractivity contribution < 1.29 is 9.53 Å². The van der Waals surface area contributed by atoms with E-state index in [0.717, 1.165) is 49.4 Å². The van der Waals surface area contributed by atoms with Gasteiger partial charge in [-0.2, -0.15) is 0 Å². The monoisotopic (exact) mass is 344 g/mol. The van der Waals surface area contributed by atoms with Crippen LogP contribution in [0.25, 0.3) is 5.65 Å². The van der Waals surface area contributed by atoms with Gasteiger partial charge >= 0.3 is 0 Å². The summed E-state index contributed by atoms with van der Waals surface area (Å²) < 4.78 is 7.72. The first-order chi connectivity index (χ1) is 12.0. The molecule has 1 amide bonds. The summed E-state index contributed by atoms with van der Waals surface area (Å²) in [6.07, 6.45) is 6.57. The molecule has 1 aliphatic heterocycles. The standard InChI is InChI=1S/C19H28N4O2/c1-15-6-4-8-23-13-16(20-19(15)23)12-18(24)22(10-9-21(2)3)14-17-7-5-11-25-17/h4,6,8,13,17H,5,7,9-12,14H2,1-3H3. The molecule has 3 rings (SSSR count). The molecule has 0 aliphatic carbocycles. The zero-order valence-corrected chi connectivity index (χ0v) is 15.4. The number of hydrogen-bond donors (Lipinski definition) is 0. The first-order valence-corrected chi connectivity index (χ1v) is 9.00. The van der Waals surface area contributed by atoms with Crippen molar-refractivity contribution in [2.45, 2.75) is 32.3 Å². The average Bonchev–Trinajstić information content (AvgIpc) is 3.21. The fourth-order valence-corrected chi connectivity index (χ4v) is 3.23. The lowest BCUT2D eigenvalue weighted by Crippen LogP contribution is -2.42. The predicted molar refractivity (Wildman–Crippen MR) is 97.7 cm³/mol. The first-order valence-electron chi connectivity index (χ1n) is 9.00. The highest BCUT2D eigenvalue weighted by Gasteiger charge is 2.23. The Balaban J connectivity index is 1.69. The highest BCUT2D eigenvalue weighted by molar-refractivity contribution is 5.78. The Hall–Kier alpha value is -1.92. The number of fused-ring (bicyclic) bond motifs is 1. The Labute approximate surface area is 149 Å². The van der Waals surface area contributed by atoms with E-state index >= 15 is 0 Å². The van der Waals surface area contributed by atoms with E-state index in [9.17, 15) is 4.79 Å². The maximum atomic E-state index is 12.9. The Morgan fingerprint density at radius 3 is 2.92 bits per heavy atom. The van der Waals surface area contributed by atoms with E-state index in [1.807, 2.05) is 54.8 Å². The second-order valence-corrected chi connectivity index (χ2v) is 7.11. The van der Waals surface area contributed by atoms with Crippen molar-refractivity contribution in [3.63, 3.8) is 0 Å². The summed E-state index contributed by atoms with van der Waals surface area (Å²) in [5.74, 6) is 0.124. The number of carbonyl (C=O) groups is 1. The lowest BCUT2D eigenvalue weighted by Gasteiger charge is -2.26. The Morgan fingerprint density at radius 2 is 2.24 bits per heavy atom. The van der Waals surface area contributed by atoms with Gasteiger partial charge in [-0.3, -0.25) is 4.79 Å². The van der Waals surface area contributed by atoms with Crippen LogP contribution in [0.15, 0.2) is 24.5 Å². The van der Waals surface area contributed by atoms with Gasteiger partial charge in [0.2, 0.25) is 5.91 Å². The number of ether oxygens (including phenoxy) is 1. The Kier molecular flexibility index (Phi) is 5.71. The fourth-order valence-electron chi connectivity index (χ4n) is 3.23. The van der Waals surface area contributed by atoms with E-state index in [0.29, 0.717) is 13.0 Å². The third-order valence-corrected chi connectivity index (χ3v) is 4.68. The molecule has 0 bridgehead atoms. The van der Waals surface area contributed by atoms with Crippen LogP contribution in [0.1, 0.15) is 24.1 Å². The van der Waals surface area contributed by atoms with Crippen molar-refractivity contribution in [3.8, 4) is 0 Å². The van der Waals surface area contributed by atoms with Crippen LogP contribution < -0.4 is 0 Å². The second-order valence-electron chi connectivity index (χ2n) is 7.11. The van der Waals surface area contributed by atoms with Crippen LogP contribution in [0.2, 0.25) is 0 Å². The summed E-state index contributed by atoms with van der Waals surface area (Å²) >= 11 is 0. The number of amides is 1. The molecule has 136 valence electrons. The van der Waals surface area contributed by atoms with Gasteiger partial charge in [0.15, 0.2) is 0 Å². The minimum absolute atomic E-state index is 0.124. The summed E-state index contributed by atoms with van der Waals surface area (Å²) in [6, 6.07) is 4.03. The van der Waals surface area contributed by atoms with Gasteiger partial charge in [-0.15, -0.1) is 0 Å². The molecule has 6 nitrogen and oxygen atoms in total. The van der Waals surface area contributed by atoms with Gasteiger partial charge in [0.05, 0.1) is 18.2 Å². The van der Waals surface area contributed by atoms with E-state index < -0.39 is 0 Å². The molecule has 3 heterocycles. The maximum Gasteiger partial charge on any atom is 0.228 e. The van der Waals surface area contributed by atoms with Crippen LogP contribution in [0.5, 0.6) is 0 Å². The molecule has 1 fully saturated rings. The molecule has 2 aromatic heterocycles. The van der Waals surface area contributed by atoms with E-state index in [4.69, 9.17) is 4.74 Å². The molecule has 0 saturated carbocycles. The topological polar surface area (TPSA) is 50.1 Å². The lowest BCUT2D eigenvalue weighted by atomic mass is 10.2. The molecular formula is C19H28N4O2. The molecule has 1 aliphatic rings. The van der Waals surface area contributed by atoms with Gasteiger partial charge in [0.25, 0.3) is 0 Å². The smallest absolute Gasteiger partial charge is 0.228 e. The third kappa shape index (κ3) is 4.58. The van der Waals surface area contributed by atoms with Crippen molar-refractivity contribution in [3.05, 3.63) is 35.8 Å². The number of aromatic nitrogens is 2. The second kappa shape index (κ2) is 7.97. The first kappa shape index (κ1) is 17.9. The largest absolute Gasteiger partial charge is 0.376 e. The summed E-state index contributed by atoms with van der Waals surface area (Å²) in [5.41, 5.74) is 2.86. The van der Waals surface area contributed by atoms with Crippen LogP contribution in [0, 0.1) is 6.92 Å². The van der Waals surface area contributed by atoms with Crippen LogP contribution in [0.3, 0.4) is 0 Å². The van der Waals surface area contributed by atoms with Crippen molar-refractivity contribution in [2.75, 3.05) is 40.3 Å². The van der Waals surface area contributed by atoms with E-state index in [2.05, 4.69) is 9.88 Å². The van der Waals surface area contributed by atoms with Crippen molar-refractivity contribution in [2.24, 2.45) is 0 Å². The predicted octanol–water partition coefficient (Wildman–Crippen LogP) is 1.75. The van der Waals surface area contributed by atoms with E-state index in [-0.39, 0.29) is 12.0 Å². The SMILES string of the molecule is Cc1cccn2cc(CC(=O)N(CCN(C)C)CC3CCCO3)nc12. The summed E-state index contributed by atoms with van der Waals surface area (Å²) in [7, 11) is 4.05. The zero-order valence-electron chi connectivity index (χ0n) is 15.4. The molecule has 1 unspecified atom stereocenters. The van der Waals surface area contributed by atoms with E-state index in [1.54, 1.807) is 0 Å². The molecule has 6 heteroatoms. The van der Waals surface area contributed by atoms with Crippen LogP contribution in [-0.2, 0) is 16.0 Å². The molecule has 0 N–H and O–H groups in total. The maximum absolute atomic E-state index is 12.9. The molecule has 0 aromatic carbocycles. The summed E-state index contributed by atoms with van der Waals surface area (Å²) in [5, 5.41) is 0. The average molecular weight is 344 g/mol. The van der Waals surface area contributed by atoms with E-state index in [1.165, 1.54) is 0 Å². The molecule has 1 atom stereocenters. The number of imidazole rings is 1. The quantitative estimate of drug-likeness (QED) is 0.768. The van der Waals surface area contributed by atoms with Crippen LogP contribution >= 0.6 is 0 Å². The zero-order chi connectivity index (χ0) is 17.8. The normalized spacial score (nSPS) is 17.5. The number of pyridine rings is 1. The van der Waals surface area contributed by atoms with Gasteiger partial charge in [0.1, 0.15) is 5.65 Å². The molecule has 1 saturated heterocycles. The number of rotatable bonds is 7. The number of nitrogens with zero attached hydrogens (tertiary/aromatic N) is 4. The highest BCUT2D eigenvalue weighted by Crippen LogP contribution is 2.15. The van der Waals surface area contributed by atoms with Crippen LogP contribution in [-0.4, -0.2) is 71.5 Å². The summed E-state index contributed by atoms with van der Waals surface area (Å²) in [4.78, 5) is 21.6. The van der Waals surface area contributed by atoms with Gasteiger partial charge in [-0.25, -0.2) is 4.98 Å². The number of hydrogen-bond acceptors (Lipinski definition) is 4. The molecule has 2 aromatic rings. The number of aryl methyl sites for hydroxylation is 1. The van der Waals surface area contributed by atoms with Crippen LogP contribution in [0.4, 0.5) is 0 Å². The Morgan fingerprint density at radius 1 is 1.40 bits per heavy atom. The Bertz CT molecular complexity index is 719. The van der Waals surface area contributed by atoms with Gasteiger partial charge in [0, 0.05) is 38.6 Å². The van der Waals surface area contributed by atoms with Gasteiger partial charge in [-0.05, 0) is 45.5 Å². The molecule has 25 heavy (non-hydrogen) atoms. The van der Waals surface area contributed by atoms with Crippen molar-refractivity contribution in [1.29, 1.82) is 0 Å². The number of likely N-dealkylation sites (N-methyl/N-ethyl adjacent to an activating group) is 1. The van der Waals surface area contributed by atoms with Gasteiger partial charge < -0.3 is 18.9 Å². The summed E-state index contributed by atoms with van der Waals surface area (Å²) in [6.45, 7) is 5.10. The third-order valence-electron chi connectivity index (χ3n) is 4.68. The minimum Gasteiger partial charge on any atom is -0.376 e. The highest BCUT2D eigenvalue weighted by atomic mass is 16.5. The van der Waals surface area contributed by atoms with Gasteiger partial charge in [-0.1, -0.05) is 6.07 Å².